The second-order valence-electron chi connectivity index (χ2n) is 9.48. The molecule has 0 unspecified atom stereocenters. The van der Waals surface area contributed by atoms with Gasteiger partial charge in [-0.25, -0.2) is 9.18 Å². The van der Waals surface area contributed by atoms with E-state index in [-0.39, 0.29) is 11.5 Å². The highest BCUT2D eigenvalue weighted by molar-refractivity contribution is 5.89. The van der Waals surface area contributed by atoms with E-state index in [1.54, 1.807) is 6.07 Å². The topological polar surface area (TPSA) is 77.7 Å². The van der Waals surface area contributed by atoms with Crippen LogP contribution >= 0.6 is 0 Å². The van der Waals surface area contributed by atoms with Crippen LogP contribution in [-0.4, -0.2) is 42.9 Å². The largest absolute Gasteiger partial charge is 0.493 e. The minimum atomic E-state index is -0.684. The van der Waals surface area contributed by atoms with E-state index in [1.807, 2.05) is 0 Å². The molecular weight excluding hydrogens is 413 g/mol. The Morgan fingerprint density at radius 1 is 1.31 bits per heavy atom. The molecular formula is C24H32FN3O4. The Balaban J connectivity index is 1.15. The summed E-state index contributed by atoms with van der Waals surface area (Å²) in [5, 5.41) is 4.08. The van der Waals surface area contributed by atoms with Crippen LogP contribution < -0.4 is 9.64 Å². The molecule has 0 bridgehead atoms. The van der Waals surface area contributed by atoms with E-state index in [4.69, 9.17) is 9.26 Å². The number of nitrogens with zero attached hydrogens (tertiary/aromatic N) is 3. The van der Waals surface area contributed by atoms with Gasteiger partial charge in [0.1, 0.15) is 11.6 Å². The number of ether oxygens (including phenoxy) is 2. The van der Waals surface area contributed by atoms with Crippen LogP contribution in [0, 0.1) is 17.2 Å². The summed E-state index contributed by atoms with van der Waals surface area (Å²) in [7, 11) is 1.23. The van der Waals surface area contributed by atoms with Crippen LogP contribution in [0.3, 0.4) is 0 Å². The maximum atomic E-state index is 14.0. The second kappa shape index (κ2) is 9.46. The van der Waals surface area contributed by atoms with Crippen molar-refractivity contribution >= 4 is 12.0 Å². The lowest BCUT2D eigenvalue weighted by molar-refractivity contribution is 0.0198. The van der Waals surface area contributed by atoms with E-state index >= 15 is 0 Å². The molecule has 2 fully saturated rings. The number of piperidine rings is 1. The molecule has 1 aliphatic heterocycles. The summed E-state index contributed by atoms with van der Waals surface area (Å²) in [4.78, 5) is 18.2. The van der Waals surface area contributed by atoms with Crippen LogP contribution in [0.5, 0.6) is 5.75 Å². The van der Waals surface area contributed by atoms with Crippen molar-refractivity contribution in [3.8, 4) is 5.75 Å². The van der Waals surface area contributed by atoms with Gasteiger partial charge in [-0.3, -0.25) is 0 Å². The van der Waals surface area contributed by atoms with Crippen molar-refractivity contribution in [3.05, 3.63) is 35.4 Å². The molecule has 0 radical (unpaired) electrons. The molecule has 1 aromatic carbocycles. The number of hydrogen-bond donors (Lipinski definition) is 0. The predicted octanol–water partition coefficient (Wildman–Crippen LogP) is 4.97. The van der Waals surface area contributed by atoms with Gasteiger partial charge in [0.05, 0.1) is 19.3 Å². The van der Waals surface area contributed by atoms with Gasteiger partial charge in [-0.15, -0.1) is 0 Å². The highest BCUT2D eigenvalue weighted by Crippen LogP contribution is 2.54. The number of esters is 1. The third-order valence-electron chi connectivity index (χ3n) is 6.86. The van der Waals surface area contributed by atoms with Crippen LogP contribution in [0.15, 0.2) is 22.7 Å². The zero-order valence-electron chi connectivity index (χ0n) is 19.1. The van der Waals surface area contributed by atoms with Crippen molar-refractivity contribution in [2.75, 3.05) is 31.7 Å². The molecule has 1 spiro atoms. The second-order valence-corrected chi connectivity index (χ2v) is 9.48. The van der Waals surface area contributed by atoms with Gasteiger partial charge in [0, 0.05) is 25.1 Å². The standard InChI is InChI=1S/C24H32FN3O4/c1-16(2)21-26-23(32-27-21)28-10-8-24(9-11-28)14-17(15-24)5-4-12-31-18-6-7-19(20(25)13-18)22(29)30-3/h6-7,13,16-17H,4-5,8-12,14-15H2,1-3H3. The molecule has 0 amide bonds. The first kappa shape index (κ1) is 22.6. The van der Waals surface area contributed by atoms with Crippen molar-refractivity contribution < 1.29 is 23.2 Å². The van der Waals surface area contributed by atoms with Crippen LogP contribution in [-0.2, 0) is 4.74 Å². The van der Waals surface area contributed by atoms with Crippen molar-refractivity contribution in [2.45, 2.75) is 58.3 Å². The number of carbonyl (C=O) groups is 1. The van der Waals surface area contributed by atoms with E-state index in [0.29, 0.717) is 23.8 Å². The number of anilines is 1. The molecule has 0 N–H and O–H groups in total. The summed E-state index contributed by atoms with van der Waals surface area (Å²) < 4.78 is 29.6. The van der Waals surface area contributed by atoms with Gasteiger partial charge in [0.15, 0.2) is 5.82 Å². The Hall–Kier alpha value is -2.64. The Labute approximate surface area is 188 Å². The zero-order valence-corrected chi connectivity index (χ0v) is 19.1. The van der Waals surface area contributed by atoms with E-state index < -0.39 is 11.8 Å². The summed E-state index contributed by atoms with van der Waals surface area (Å²) in [6.07, 6.45) is 6.94. The van der Waals surface area contributed by atoms with Gasteiger partial charge in [-0.2, -0.15) is 4.98 Å². The lowest BCUT2D eigenvalue weighted by Crippen LogP contribution is -2.47. The number of hydrogen-bond acceptors (Lipinski definition) is 7. The Morgan fingerprint density at radius 3 is 2.69 bits per heavy atom. The fourth-order valence-corrected chi connectivity index (χ4v) is 4.96. The molecule has 0 atom stereocenters. The number of benzene rings is 1. The molecule has 1 aliphatic carbocycles. The first-order valence-corrected chi connectivity index (χ1v) is 11.5. The Bertz CT molecular complexity index is 929. The lowest BCUT2D eigenvalue weighted by atomic mass is 9.56. The third-order valence-corrected chi connectivity index (χ3v) is 6.86. The summed E-state index contributed by atoms with van der Waals surface area (Å²) in [6.45, 7) is 6.63. The number of aromatic nitrogens is 2. The third kappa shape index (κ3) is 4.89. The van der Waals surface area contributed by atoms with E-state index in [0.717, 1.165) is 37.7 Å². The van der Waals surface area contributed by atoms with Crippen molar-refractivity contribution in [1.29, 1.82) is 0 Å². The van der Waals surface area contributed by atoms with Crippen LogP contribution in [0.1, 0.15) is 74.5 Å². The molecule has 32 heavy (non-hydrogen) atoms. The molecule has 1 aromatic heterocycles. The first-order valence-electron chi connectivity index (χ1n) is 11.5. The van der Waals surface area contributed by atoms with Crippen molar-refractivity contribution in [2.24, 2.45) is 11.3 Å². The van der Waals surface area contributed by atoms with E-state index in [2.05, 4.69) is 33.6 Å². The highest BCUT2D eigenvalue weighted by Gasteiger charge is 2.45. The molecule has 1 saturated heterocycles. The van der Waals surface area contributed by atoms with E-state index in [1.165, 1.54) is 44.9 Å². The van der Waals surface area contributed by atoms with Crippen molar-refractivity contribution in [3.63, 3.8) is 0 Å². The number of methoxy groups -OCH3 is 1. The van der Waals surface area contributed by atoms with Crippen LogP contribution in [0.2, 0.25) is 0 Å². The summed E-state index contributed by atoms with van der Waals surface area (Å²) >= 11 is 0. The summed E-state index contributed by atoms with van der Waals surface area (Å²) in [5.74, 6) is 0.916. The molecule has 2 aromatic rings. The maximum Gasteiger partial charge on any atom is 0.340 e. The number of halogens is 1. The van der Waals surface area contributed by atoms with Crippen LogP contribution in [0.25, 0.3) is 0 Å². The van der Waals surface area contributed by atoms with Gasteiger partial charge in [-0.1, -0.05) is 19.0 Å². The SMILES string of the molecule is COC(=O)c1ccc(OCCCC2CC3(CCN(c4nc(C(C)C)no4)CC3)C2)cc1F. The number of carbonyl (C=O) groups excluding carboxylic acids is 1. The van der Waals surface area contributed by atoms with Gasteiger partial charge < -0.3 is 18.9 Å². The minimum Gasteiger partial charge on any atom is -0.493 e. The minimum absolute atomic E-state index is 0.0786. The van der Waals surface area contributed by atoms with Gasteiger partial charge in [0.2, 0.25) is 0 Å². The Kier molecular flexibility index (Phi) is 6.67. The zero-order chi connectivity index (χ0) is 22.7. The average Bonchev–Trinajstić information content (AvgIpc) is 3.26. The predicted molar refractivity (Wildman–Crippen MR) is 117 cm³/mol. The molecule has 7 nitrogen and oxygen atoms in total. The first-order chi connectivity index (χ1) is 15.4. The molecule has 2 aliphatic rings. The average molecular weight is 446 g/mol. The highest BCUT2D eigenvalue weighted by atomic mass is 19.1. The lowest BCUT2D eigenvalue weighted by Gasteiger charge is -2.52. The smallest absolute Gasteiger partial charge is 0.340 e. The maximum absolute atomic E-state index is 14.0. The normalized spacial score (nSPS) is 18.1. The van der Waals surface area contributed by atoms with Gasteiger partial charge in [-0.05, 0) is 62.0 Å². The fraction of sp³-hybridized carbons (Fsp3) is 0.625. The molecule has 8 heteroatoms. The fourth-order valence-electron chi connectivity index (χ4n) is 4.96. The molecule has 4 rings (SSSR count). The summed E-state index contributed by atoms with van der Waals surface area (Å²) in [6, 6.07) is 4.91. The molecule has 2 heterocycles. The summed E-state index contributed by atoms with van der Waals surface area (Å²) in [5.41, 5.74) is 0.389. The van der Waals surface area contributed by atoms with E-state index in [9.17, 15) is 9.18 Å². The Morgan fingerprint density at radius 2 is 2.06 bits per heavy atom. The molecule has 174 valence electrons. The van der Waals surface area contributed by atoms with Gasteiger partial charge in [0.25, 0.3) is 0 Å². The van der Waals surface area contributed by atoms with Gasteiger partial charge >= 0.3 is 12.0 Å². The van der Waals surface area contributed by atoms with Crippen LogP contribution in [0.4, 0.5) is 10.4 Å². The quantitative estimate of drug-likeness (QED) is 0.419. The monoisotopic (exact) mass is 445 g/mol. The van der Waals surface area contributed by atoms with Crippen molar-refractivity contribution in [1.82, 2.24) is 10.1 Å². The molecule has 1 saturated carbocycles. The number of rotatable bonds is 8.